The third kappa shape index (κ3) is 1.32. The van der Waals surface area contributed by atoms with Crippen molar-refractivity contribution in [2.24, 2.45) is 4.99 Å². The summed E-state index contributed by atoms with van der Waals surface area (Å²) < 4.78 is 0. The maximum absolute atomic E-state index is 10.9. The topological polar surface area (TPSA) is 102 Å². The van der Waals surface area contributed by atoms with E-state index in [1.54, 1.807) is 0 Å². The van der Waals surface area contributed by atoms with Gasteiger partial charge >= 0.3 is 11.1 Å². The number of nitrogens with one attached hydrogen (secondary N) is 2. The average molecular weight is 217 g/mol. The van der Waals surface area contributed by atoms with Crippen LogP contribution in [0.2, 0.25) is 0 Å². The predicted octanol–water partition coefficient (Wildman–Crippen LogP) is -0.506. The summed E-state index contributed by atoms with van der Waals surface area (Å²) in [6.45, 7) is -0.0241. The Morgan fingerprint density at radius 1 is 1.36 bits per heavy atom. The van der Waals surface area contributed by atoms with Gasteiger partial charge in [0, 0.05) is 0 Å². The van der Waals surface area contributed by atoms with Crippen LogP contribution in [0.15, 0.2) is 14.6 Å². The number of nitrogens with zero attached hydrogens (tertiary/aromatic N) is 2. The van der Waals surface area contributed by atoms with Crippen molar-refractivity contribution in [3.63, 3.8) is 0 Å². The quantitative estimate of drug-likeness (QED) is 0.402. The summed E-state index contributed by atoms with van der Waals surface area (Å²) in [6.07, 6.45) is 0. The fourth-order valence-electron chi connectivity index (χ4n) is 1.07. The highest BCUT2D eigenvalue weighted by molar-refractivity contribution is 6.64. The Kier molecular flexibility index (Phi) is 1.90. The number of halogens is 1. The molecule has 74 valence electrons. The Morgan fingerprint density at radius 2 is 2.00 bits per heavy atom. The molecule has 1 aliphatic heterocycles. The lowest BCUT2D eigenvalue weighted by Gasteiger charge is -2.19. The fourth-order valence-corrected chi connectivity index (χ4v) is 1.21. The van der Waals surface area contributed by atoms with E-state index < -0.39 is 11.1 Å². The SMILES string of the molecule is O=c1[nH]c2c([nH]c1=O)N=C(Cl)N(O)C2. The molecule has 0 atom stereocenters. The molecule has 14 heavy (non-hydrogen) atoms. The number of aromatic nitrogens is 2. The van der Waals surface area contributed by atoms with Crippen LogP contribution >= 0.6 is 11.6 Å². The molecule has 0 saturated heterocycles. The molecule has 2 rings (SSSR count). The van der Waals surface area contributed by atoms with Gasteiger partial charge in [-0.15, -0.1) is 0 Å². The van der Waals surface area contributed by atoms with Crippen molar-refractivity contribution < 1.29 is 5.21 Å². The van der Waals surface area contributed by atoms with Crippen LogP contribution in [0.4, 0.5) is 5.82 Å². The molecule has 0 saturated carbocycles. The molecule has 3 N–H and O–H groups in total. The van der Waals surface area contributed by atoms with Crippen molar-refractivity contribution in [1.82, 2.24) is 15.0 Å². The molecule has 0 spiro atoms. The van der Waals surface area contributed by atoms with Crippen LogP contribution in [0.5, 0.6) is 0 Å². The Bertz CT molecular complexity index is 517. The first-order valence-corrected chi connectivity index (χ1v) is 4.02. The number of aromatic amines is 2. The normalized spacial score (nSPS) is 15.0. The lowest BCUT2D eigenvalue weighted by Crippen LogP contribution is -2.34. The number of H-pyrrole nitrogens is 2. The van der Waals surface area contributed by atoms with Gasteiger partial charge in [-0.3, -0.25) is 14.8 Å². The van der Waals surface area contributed by atoms with Crippen molar-refractivity contribution in [2.45, 2.75) is 6.54 Å². The van der Waals surface area contributed by atoms with Gasteiger partial charge in [0.05, 0.1) is 12.2 Å². The molecule has 0 radical (unpaired) electrons. The lowest BCUT2D eigenvalue weighted by atomic mass is 10.4. The first-order chi connectivity index (χ1) is 6.58. The van der Waals surface area contributed by atoms with Crippen LogP contribution in [0, 0.1) is 0 Å². The minimum Gasteiger partial charge on any atom is -0.316 e. The smallest absolute Gasteiger partial charge is 0.315 e. The molecule has 2 heterocycles. The van der Waals surface area contributed by atoms with E-state index in [-0.39, 0.29) is 17.7 Å². The highest BCUT2D eigenvalue weighted by atomic mass is 35.5. The Hall–Kier alpha value is -1.60. The number of amidine groups is 1. The Balaban J connectivity index is 2.67. The second-order valence-electron chi connectivity index (χ2n) is 2.67. The monoisotopic (exact) mass is 216 g/mol. The van der Waals surface area contributed by atoms with Crippen molar-refractivity contribution in [3.8, 4) is 0 Å². The summed E-state index contributed by atoms with van der Waals surface area (Å²) >= 11 is 5.50. The van der Waals surface area contributed by atoms with Crippen molar-refractivity contribution in [1.29, 1.82) is 0 Å². The predicted molar refractivity (Wildman–Crippen MR) is 48.0 cm³/mol. The lowest BCUT2D eigenvalue weighted by molar-refractivity contribution is -0.0220. The molecule has 8 heteroatoms. The van der Waals surface area contributed by atoms with Gasteiger partial charge in [0.15, 0.2) is 5.82 Å². The van der Waals surface area contributed by atoms with E-state index in [4.69, 9.17) is 16.8 Å². The fraction of sp³-hybridized carbons (Fsp3) is 0.167. The zero-order valence-corrected chi connectivity index (χ0v) is 7.50. The first-order valence-electron chi connectivity index (χ1n) is 3.64. The summed E-state index contributed by atoms with van der Waals surface area (Å²) in [7, 11) is 0. The van der Waals surface area contributed by atoms with Crippen LogP contribution < -0.4 is 11.1 Å². The van der Waals surface area contributed by atoms with E-state index in [1.807, 2.05) is 0 Å². The minimum absolute atomic E-state index is 0.0241. The molecular formula is C6H5ClN4O3. The zero-order valence-electron chi connectivity index (χ0n) is 6.74. The second kappa shape index (κ2) is 2.96. The molecule has 0 amide bonds. The van der Waals surface area contributed by atoms with Crippen molar-refractivity contribution in [3.05, 3.63) is 26.4 Å². The molecule has 0 aromatic carbocycles. The van der Waals surface area contributed by atoms with Gasteiger partial charge in [0.25, 0.3) is 0 Å². The minimum atomic E-state index is -0.802. The van der Waals surface area contributed by atoms with E-state index in [0.29, 0.717) is 10.8 Å². The van der Waals surface area contributed by atoms with Gasteiger partial charge in [-0.05, 0) is 11.6 Å². The van der Waals surface area contributed by atoms with Crippen molar-refractivity contribution >= 4 is 22.7 Å². The van der Waals surface area contributed by atoms with E-state index in [1.165, 1.54) is 0 Å². The van der Waals surface area contributed by atoms with Gasteiger partial charge in [-0.2, -0.15) is 4.99 Å². The van der Waals surface area contributed by atoms with Crippen LogP contribution in [0.25, 0.3) is 0 Å². The highest BCUT2D eigenvalue weighted by Gasteiger charge is 2.18. The number of hydroxylamine groups is 2. The van der Waals surface area contributed by atoms with Gasteiger partial charge in [0.2, 0.25) is 5.29 Å². The van der Waals surface area contributed by atoms with Gasteiger partial charge in [0.1, 0.15) is 0 Å². The molecule has 7 nitrogen and oxygen atoms in total. The number of rotatable bonds is 0. The maximum atomic E-state index is 10.9. The van der Waals surface area contributed by atoms with Crippen molar-refractivity contribution in [2.75, 3.05) is 0 Å². The van der Waals surface area contributed by atoms with Gasteiger partial charge < -0.3 is 9.97 Å². The third-order valence-corrected chi connectivity index (χ3v) is 1.99. The number of aliphatic imine (C=N–C) groups is 1. The molecular weight excluding hydrogens is 212 g/mol. The Morgan fingerprint density at radius 3 is 2.71 bits per heavy atom. The van der Waals surface area contributed by atoms with E-state index >= 15 is 0 Å². The molecule has 1 aromatic rings. The molecule has 0 fully saturated rings. The highest BCUT2D eigenvalue weighted by Crippen LogP contribution is 2.19. The summed E-state index contributed by atoms with van der Waals surface area (Å²) in [4.78, 5) is 30.0. The number of fused-ring (bicyclic) bond motifs is 1. The van der Waals surface area contributed by atoms with Crippen LogP contribution in [0.1, 0.15) is 5.69 Å². The van der Waals surface area contributed by atoms with E-state index in [2.05, 4.69) is 15.0 Å². The molecule has 0 bridgehead atoms. The van der Waals surface area contributed by atoms with Gasteiger partial charge in [-0.1, -0.05) is 0 Å². The molecule has 0 unspecified atom stereocenters. The number of hydrogen-bond donors (Lipinski definition) is 3. The molecule has 1 aliphatic rings. The second-order valence-corrected chi connectivity index (χ2v) is 3.01. The Labute approximate surface area is 81.6 Å². The zero-order chi connectivity index (χ0) is 10.3. The van der Waals surface area contributed by atoms with E-state index in [0.717, 1.165) is 0 Å². The molecule has 0 aliphatic carbocycles. The average Bonchev–Trinajstić information content (AvgIpc) is 2.11. The van der Waals surface area contributed by atoms with Crippen LogP contribution in [-0.4, -0.2) is 25.5 Å². The standard InChI is InChI=1S/C6H5ClN4O3/c7-6-10-3-2(1-11(6)14)8-4(12)5(13)9-3/h14H,1H2,(H,8,12)(H,9,13). The van der Waals surface area contributed by atoms with Crippen LogP contribution in [-0.2, 0) is 6.54 Å². The summed E-state index contributed by atoms with van der Waals surface area (Å²) in [5.74, 6) is 0.157. The third-order valence-electron chi connectivity index (χ3n) is 1.71. The summed E-state index contributed by atoms with van der Waals surface area (Å²) in [5, 5.41) is 9.63. The van der Waals surface area contributed by atoms with Gasteiger partial charge in [-0.25, -0.2) is 5.06 Å². The largest absolute Gasteiger partial charge is 0.316 e. The summed E-state index contributed by atoms with van der Waals surface area (Å²) in [6, 6.07) is 0. The van der Waals surface area contributed by atoms with E-state index in [9.17, 15) is 9.59 Å². The van der Waals surface area contributed by atoms with Crippen LogP contribution in [0.3, 0.4) is 0 Å². The number of hydrogen-bond acceptors (Lipinski definition) is 5. The first kappa shape index (κ1) is 8.97. The summed E-state index contributed by atoms with van der Waals surface area (Å²) in [5.41, 5.74) is -1.28. The molecule has 1 aromatic heterocycles. The maximum Gasteiger partial charge on any atom is 0.315 e.